The Bertz CT molecular complexity index is 547. The number of halogens is 1. The third-order valence-corrected chi connectivity index (χ3v) is 6.04. The molecule has 1 aromatic rings. The second-order valence-electron chi connectivity index (χ2n) is 5.19. The summed E-state index contributed by atoms with van der Waals surface area (Å²) in [7, 11) is -1.39. The van der Waals surface area contributed by atoms with Crippen LogP contribution >= 0.6 is 15.9 Å². The Labute approximate surface area is 123 Å². The molecular weight excluding hydrogens is 328 g/mol. The van der Waals surface area contributed by atoms with Gasteiger partial charge >= 0.3 is 0 Å². The maximum Gasteiger partial charge on any atom is 0.241 e. The minimum atomic E-state index is -3.46. The van der Waals surface area contributed by atoms with Gasteiger partial charge in [0.1, 0.15) is 0 Å². The van der Waals surface area contributed by atoms with Crippen molar-refractivity contribution in [3.8, 4) is 0 Å². The molecule has 106 valence electrons. The minimum Gasteiger partial charge on any atom is -0.306 e. The van der Waals surface area contributed by atoms with Crippen LogP contribution in [0.1, 0.15) is 13.3 Å². The third-order valence-electron chi connectivity index (χ3n) is 3.54. The number of benzene rings is 1. The highest BCUT2D eigenvalue weighted by Crippen LogP contribution is 2.23. The lowest BCUT2D eigenvalue weighted by molar-refractivity contribution is 0.188. The fourth-order valence-corrected chi connectivity index (χ4v) is 4.84. The predicted octanol–water partition coefficient (Wildman–Crippen LogP) is 2.07. The molecule has 2 unspecified atom stereocenters. The average molecular weight is 347 g/mol. The summed E-state index contributed by atoms with van der Waals surface area (Å²) in [6.45, 7) is 3.93. The van der Waals surface area contributed by atoms with Crippen LogP contribution in [0.5, 0.6) is 0 Å². The van der Waals surface area contributed by atoms with E-state index in [2.05, 4.69) is 39.5 Å². The van der Waals surface area contributed by atoms with Gasteiger partial charge in [0, 0.05) is 17.1 Å². The largest absolute Gasteiger partial charge is 0.306 e. The molecule has 0 amide bonds. The van der Waals surface area contributed by atoms with Crippen LogP contribution in [0.15, 0.2) is 33.6 Å². The summed E-state index contributed by atoms with van der Waals surface area (Å²) in [5.74, 6) is 0.316. The maximum absolute atomic E-state index is 12.4. The van der Waals surface area contributed by atoms with Gasteiger partial charge in [0.05, 0.1) is 4.90 Å². The molecule has 0 spiro atoms. The SMILES string of the molecule is CC1CN(C)CCC1NS(=O)(=O)c1ccccc1Br. The number of sulfonamides is 1. The molecule has 0 saturated carbocycles. The standard InChI is InChI=1S/C13H19BrN2O2S/c1-10-9-16(2)8-7-12(10)15-19(17,18)13-6-4-3-5-11(13)14/h3-6,10,12,15H,7-9H2,1-2H3. The van der Waals surface area contributed by atoms with E-state index in [-0.39, 0.29) is 6.04 Å². The number of nitrogens with zero attached hydrogens (tertiary/aromatic N) is 1. The highest BCUT2D eigenvalue weighted by atomic mass is 79.9. The van der Waals surface area contributed by atoms with Gasteiger partial charge in [-0.05, 0) is 54.0 Å². The molecule has 0 bridgehead atoms. The minimum absolute atomic E-state index is 0.00769. The Hall–Kier alpha value is -0.430. The Morgan fingerprint density at radius 3 is 2.68 bits per heavy atom. The fraction of sp³-hybridized carbons (Fsp3) is 0.538. The molecule has 0 aliphatic carbocycles. The lowest BCUT2D eigenvalue weighted by Gasteiger charge is -2.35. The highest BCUT2D eigenvalue weighted by molar-refractivity contribution is 9.10. The van der Waals surface area contributed by atoms with Crippen molar-refractivity contribution in [2.75, 3.05) is 20.1 Å². The van der Waals surface area contributed by atoms with Crippen LogP contribution in [0.3, 0.4) is 0 Å². The first-order valence-corrected chi connectivity index (χ1v) is 8.63. The molecule has 1 aliphatic heterocycles. The number of likely N-dealkylation sites (tertiary alicyclic amines) is 1. The van der Waals surface area contributed by atoms with E-state index in [1.54, 1.807) is 24.3 Å². The van der Waals surface area contributed by atoms with Crippen molar-refractivity contribution in [2.24, 2.45) is 5.92 Å². The molecule has 19 heavy (non-hydrogen) atoms. The molecule has 6 heteroatoms. The van der Waals surface area contributed by atoms with E-state index in [1.807, 2.05) is 0 Å². The molecular formula is C13H19BrN2O2S. The van der Waals surface area contributed by atoms with Crippen LogP contribution in [0.4, 0.5) is 0 Å². The molecule has 1 heterocycles. The van der Waals surface area contributed by atoms with Gasteiger partial charge in [-0.15, -0.1) is 0 Å². The zero-order chi connectivity index (χ0) is 14.0. The van der Waals surface area contributed by atoms with Crippen molar-refractivity contribution >= 4 is 26.0 Å². The molecule has 1 aromatic carbocycles. The smallest absolute Gasteiger partial charge is 0.241 e. The molecule has 1 N–H and O–H groups in total. The molecule has 2 rings (SSSR count). The summed E-state index contributed by atoms with van der Waals surface area (Å²) in [5.41, 5.74) is 0. The second kappa shape index (κ2) is 5.91. The number of hydrogen-bond acceptors (Lipinski definition) is 3. The van der Waals surface area contributed by atoms with Crippen molar-refractivity contribution in [1.29, 1.82) is 0 Å². The average Bonchev–Trinajstić information content (AvgIpc) is 2.33. The van der Waals surface area contributed by atoms with Crippen LogP contribution in [-0.4, -0.2) is 39.5 Å². The molecule has 2 atom stereocenters. The highest BCUT2D eigenvalue weighted by Gasteiger charge is 2.29. The summed E-state index contributed by atoms with van der Waals surface area (Å²) in [5, 5.41) is 0. The Morgan fingerprint density at radius 1 is 1.37 bits per heavy atom. The van der Waals surface area contributed by atoms with Crippen LogP contribution in [0.25, 0.3) is 0 Å². The normalized spacial score (nSPS) is 25.4. The Morgan fingerprint density at radius 2 is 2.05 bits per heavy atom. The Balaban J connectivity index is 2.16. The van der Waals surface area contributed by atoms with Crippen molar-refractivity contribution < 1.29 is 8.42 Å². The van der Waals surface area contributed by atoms with Gasteiger partial charge in [-0.1, -0.05) is 19.1 Å². The van der Waals surface area contributed by atoms with Crippen molar-refractivity contribution in [3.63, 3.8) is 0 Å². The van der Waals surface area contributed by atoms with Crippen molar-refractivity contribution in [1.82, 2.24) is 9.62 Å². The maximum atomic E-state index is 12.4. The molecule has 1 saturated heterocycles. The second-order valence-corrected chi connectivity index (χ2v) is 7.72. The lowest BCUT2D eigenvalue weighted by atomic mass is 9.95. The summed E-state index contributed by atoms with van der Waals surface area (Å²) < 4.78 is 28.2. The molecule has 0 radical (unpaired) electrons. The van der Waals surface area contributed by atoms with Crippen LogP contribution in [0, 0.1) is 5.92 Å². The van der Waals surface area contributed by atoms with Gasteiger partial charge in [0.2, 0.25) is 10.0 Å². The third kappa shape index (κ3) is 3.56. The first-order valence-electron chi connectivity index (χ1n) is 6.35. The summed E-state index contributed by atoms with van der Waals surface area (Å²) >= 11 is 3.29. The quantitative estimate of drug-likeness (QED) is 0.911. The number of nitrogens with one attached hydrogen (secondary N) is 1. The van der Waals surface area contributed by atoms with E-state index in [1.165, 1.54) is 0 Å². The van der Waals surface area contributed by atoms with Gasteiger partial charge in [-0.25, -0.2) is 13.1 Å². The van der Waals surface area contributed by atoms with E-state index in [0.717, 1.165) is 19.5 Å². The zero-order valence-electron chi connectivity index (χ0n) is 11.1. The number of hydrogen-bond donors (Lipinski definition) is 1. The van der Waals surface area contributed by atoms with Crippen molar-refractivity contribution in [3.05, 3.63) is 28.7 Å². The number of rotatable bonds is 3. The van der Waals surface area contributed by atoms with Crippen LogP contribution in [-0.2, 0) is 10.0 Å². The van der Waals surface area contributed by atoms with E-state index < -0.39 is 10.0 Å². The van der Waals surface area contributed by atoms with Crippen LogP contribution < -0.4 is 4.72 Å². The van der Waals surface area contributed by atoms with Crippen LogP contribution in [0.2, 0.25) is 0 Å². The summed E-state index contributed by atoms with van der Waals surface area (Å²) in [6.07, 6.45) is 0.849. The first kappa shape index (κ1) is 15.0. The molecule has 1 aliphatic rings. The fourth-order valence-electron chi connectivity index (χ4n) is 2.45. The number of piperidine rings is 1. The van der Waals surface area contributed by atoms with Gasteiger partial charge in [0.15, 0.2) is 0 Å². The molecule has 0 aromatic heterocycles. The van der Waals surface area contributed by atoms with Gasteiger partial charge < -0.3 is 4.90 Å². The lowest BCUT2D eigenvalue weighted by Crippen LogP contribution is -2.48. The monoisotopic (exact) mass is 346 g/mol. The van der Waals surface area contributed by atoms with Gasteiger partial charge in [-0.3, -0.25) is 0 Å². The zero-order valence-corrected chi connectivity index (χ0v) is 13.5. The topological polar surface area (TPSA) is 49.4 Å². The molecule has 1 fully saturated rings. The van der Waals surface area contributed by atoms with E-state index in [4.69, 9.17) is 0 Å². The molecule has 4 nitrogen and oxygen atoms in total. The van der Waals surface area contributed by atoms with E-state index in [9.17, 15) is 8.42 Å². The van der Waals surface area contributed by atoms with Crippen molar-refractivity contribution in [2.45, 2.75) is 24.3 Å². The first-order chi connectivity index (χ1) is 8.90. The summed E-state index contributed by atoms with van der Waals surface area (Å²) in [4.78, 5) is 2.54. The van der Waals surface area contributed by atoms with E-state index in [0.29, 0.717) is 15.3 Å². The summed E-state index contributed by atoms with van der Waals surface area (Å²) in [6, 6.07) is 6.91. The van der Waals surface area contributed by atoms with Gasteiger partial charge in [0.25, 0.3) is 0 Å². The van der Waals surface area contributed by atoms with Gasteiger partial charge in [-0.2, -0.15) is 0 Å². The van der Waals surface area contributed by atoms with E-state index >= 15 is 0 Å². The Kier molecular flexibility index (Phi) is 4.66. The predicted molar refractivity (Wildman–Crippen MR) is 79.5 cm³/mol.